The average molecular weight is 747 g/mol. The lowest BCUT2D eigenvalue weighted by molar-refractivity contribution is -0.144. The van der Waals surface area contributed by atoms with Gasteiger partial charge in [-0.05, 0) is 55.0 Å². The van der Waals surface area contributed by atoms with Crippen LogP contribution in [0.25, 0.3) is 33.4 Å². The minimum atomic E-state index is -4.95. The molecule has 53 heavy (non-hydrogen) atoms. The minimum Gasteiger partial charge on any atom is -0.481 e. The molecule has 3 aromatic heterocycles. The first-order chi connectivity index (χ1) is 25.2. The number of pyridine rings is 1. The first-order valence-electron chi connectivity index (χ1n) is 17.0. The van der Waals surface area contributed by atoms with Gasteiger partial charge >= 0.3 is 11.9 Å². The summed E-state index contributed by atoms with van der Waals surface area (Å²) in [6.07, 6.45) is -1.80. The van der Waals surface area contributed by atoms with Gasteiger partial charge in [-0.25, -0.2) is 19.7 Å². The van der Waals surface area contributed by atoms with Gasteiger partial charge in [0, 0.05) is 62.0 Å². The Morgan fingerprint density at radius 3 is 2.40 bits per heavy atom. The van der Waals surface area contributed by atoms with Gasteiger partial charge in [0.1, 0.15) is 11.2 Å². The van der Waals surface area contributed by atoms with Gasteiger partial charge in [0.2, 0.25) is 17.6 Å². The number of aromatic nitrogens is 5. The number of methoxy groups -OCH3 is 1. The molecule has 1 spiro atoms. The minimum absolute atomic E-state index is 0.109. The number of fused-ring (bicyclic) bond motifs is 2. The van der Waals surface area contributed by atoms with Crippen molar-refractivity contribution < 1.29 is 22.7 Å². The predicted molar refractivity (Wildman–Crippen MR) is 192 cm³/mol. The fourth-order valence-corrected chi connectivity index (χ4v) is 8.33. The molecule has 274 valence electrons. The summed E-state index contributed by atoms with van der Waals surface area (Å²) in [5.74, 6) is -1.26. The van der Waals surface area contributed by atoms with Crippen LogP contribution < -0.4 is 26.6 Å². The molecule has 2 aromatic carbocycles. The number of rotatable bonds is 6. The highest BCUT2D eigenvalue weighted by molar-refractivity contribution is 6.36. The summed E-state index contributed by atoms with van der Waals surface area (Å²) >= 11 is 7.15. The van der Waals surface area contributed by atoms with E-state index in [0.29, 0.717) is 51.0 Å². The van der Waals surface area contributed by atoms with Crippen molar-refractivity contribution in [1.29, 1.82) is 0 Å². The van der Waals surface area contributed by atoms with Crippen molar-refractivity contribution in [3.63, 3.8) is 0 Å². The molecule has 2 aliphatic heterocycles. The van der Waals surface area contributed by atoms with Crippen LogP contribution in [0.5, 0.6) is 5.88 Å². The number of nitrogens with zero attached hydrogens (tertiary/aromatic N) is 6. The largest absolute Gasteiger partial charge is 0.481 e. The molecule has 0 bridgehead atoms. The van der Waals surface area contributed by atoms with Crippen molar-refractivity contribution in [1.82, 2.24) is 34.3 Å². The number of aryl methyl sites for hydroxylation is 2. The summed E-state index contributed by atoms with van der Waals surface area (Å²) in [6, 6.07) is 12.9. The Kier molecular flexibility index (Phi) is 8.14. The highest BCUT2D eigenvalue weighted by Crippen LogP contribution is 2.48. The standard InChI is InChI=1S/C37H34ClF3N8O4/c1-18-20(7-6-10-23(18)42-30-28-31(45-34(44-30)37(39,40)41)47(2)35(52)48(3)33(28)51)21-8-5-9-22(29(21)38)24-15-19-11-12-25(27(19)32(43-24)53-4)49-16-36(17-49)14-13-26(50)46-36/h5-10,15,25H,11-14,16-17H2,1-4H3,(H,46,50)(H,42,44,45)/t25-/m0/s1. The van der Waals surface area contributed by atoms with Crippen LogP contribution in [0.4, 0.5) is 24.7 Å². The third kappa shape index (κ3) is 5.64. The number of likely N-dealkylation sites (tertiary alicyclic amines) is 1. The zero-order chi connectivity index (χ0) is 37.6. The quantitative estimate of drug-likeness (QED) is 0.233. The van der Waals surface area contributed by atoms with E-state index in [1.165, 1.54) is 14.1 Å². The molecular weight excluding hydrogens is 713 g/mol. The molecule has 2 saturated heterocycles. The third-order valence-corrected chi connectivity index (χ3v) is 11.1. The van der Waals surface area contributed by atoms with Gasteiger partial charge in [-0.3, -0.25) is 23.6 Å². The molecule has 5 aromatic rings. The van der Waals surface area contributed by atoms with Crippen LogP contribution in [0.2, 0.25) is 5.02 Å². The van der Waals surface area contributed by atoms with Crippen LogP contribution in [0.3, 0.4) is 0 Å². The molecule has 16 heteroatoms. The number of halogens is 4. The maximum atomic E-state index is 13.9. The first kappa shape index (κ1) is 34.8. The number of ether oxygens (including phenoxy) is 1. The van der Waals surface area contributed by atoms with Crippen molar-refractivity contribution in [2.24, 2.45) is 14.1 Å². The Labute approximate surface area is 305 Å². The maximum Gasteiger partial charge on any atom is 0.451 e. The molecular formula is C37H34ClF3N8O4. The molecule has 5 heterocycles. The fourth-order valence-electron chi connectivity index (χ4n) is 8.01. The van der Waals surface area contributed by atoms with Crippen LogP contribution in [-0.2, 0) is 31.5 Å². The summed E-state index contributed by atoms with van der Waals surface area (Å²) < 4.78 is 49.3. The molecule has 1 aliphatic carbocycles. The van der Waals surface area contributed by atoms with E-state index in [-0.39, 0.29) is 22.9 Å². The zero-order valence-corrected chi connectivity index (χ0v) is 29.9. The molecule has 0 unspecified atom stereocenters. The third-order valence-electron chi connectivity index (χ3n) is 10.7. The molecule has 1 atom stereocenters. The van der Waals surface area contributed by atoms with E-state index in [1.54, 1.807) is 26.2 Å². The van der Waals surface area contributed by atoms with E-state index in [4.69, 9.17) is 21.3 Å². The van der Waals surface area contributed by atoms with Gasteiger partial charge in [0.25, 0.3) is 5.56 Å². The van der Waals surface area contributed by atoms with E-state index >= 15 is 0 Å². The van der Waals surface area contributed by atoms with Crippen molar-refractivity contribution in [2.45, 2.75) is 50.4 Å². The first-order valence-corrected chi connectivity index (χ1v) is 17.4. The van der Waals surface area contributed by atoms with Gasteiger partial charge in [-0.2, -0.15) is 13.2 Å². The second kappa shape index (κ2) is 12.4. The van der Waals surface area contributed by atoms with Crippen molar-refractivity contribution in [3.8, 4) is 28.3 Å². The van der Waals surface area contributed by atoms with Crippen LogP contribution in [-0.4, -0.2) is 60.6 Å². The Morgan fingerprint density at radius 2 is 1.70 bits per heavy atom. The summed E-state index contributed by atoms with van der Waals surface area (Å²) in [5, 5.41) is 6.22. The maximum absolute atomic E-state index is 13.9. The number of carbonyl (C=O) groups is 1. The number of benzene rings is 2. The van der Waals surface area contributed by atoms with Gasteiger partial charge in [0.15, 0.2) is 5.65 Å². The summed E-state index contributed by atoms with van der Waals surface area (Å²) in [5.41, 5.74) is 3.53. The number of alkyl halides is 3. The van der Waals surface area contributed by atoms with E-state index < -0.39 is 34.7 Å². The van der Waals surface area contributed by atoms with Crippen LogP contribution in [0.1, 0.15) is 47.8 Å². The molecule has 8 rings (SSSR count). The van der Waals surface area contributed by atoms with E-state index in [1.807, 2.05) is 30.3 Å². The SMILES string of the molecule is COc1nc(-c2cccc(-c3cccc(Nc4nc(C(F)(F)F)nc5c4c(=O)n(C)c(=O)n5C)c3C)c2Cl)cc2c1[C@@H](N1CC3(CCC(=O)N3)C1)CC2. The fraction of sp³-hybridized carbons (Fsp3) is 0.351. The van der Waals surface area contributed by atoms with E-state index in [0.717, 1.165) is 52.6 Å². The second-order valence-electron chi connectivity index (χ2n) is 13.9. The van der Waals surface area contributed by atoms with Crippen molar-refractivity contribution in [2.75, 3.05) is 25.5 Å². The smallest absolute Gasteiger partial charge is 0.451 e. The van der Waals surface area contributed by atoms with E-state index in [2.05, 4.69) is 25.5 Å². The average Bonchev–Trinajstić information content (AvgIpc) is 3.73. The number of amides is 1. The molecule has 1 amide bonds. The van der Waals surface area contributed by atoms with Crippen LogP contribution in [0.15, 0.2) is 52.1 Å². The van der Waals surface area contributed by atoms with Crippen molar-refractivity contribution >= 4 is 40.0 Å². The lowest BCUT2D eigenvalue weighted by Gasteiger charge is -2.50. The van der Waals surface area contributed by atoms with Gasteiger partial charge in [-0.1, -0.05) is 41.9 Å². The van der Waals surface area contributed by atoms with E-state index in [9.17, 15) is 27.6 Å². The molecule has 12 nitrogen and oxygen atoms in total. The molecule has 2 fully saturated rings. The second-order valence-corrected chi connectivity index (χ2v) is 14.3. The van der Waals surface area contributed by atoms with Crippen LogP contribution >= 0.6 is 11.6 Å². The number of carbonyl (C=O) groups excluding carboxylic acids is 1. The Hall–Kier alpha value is -5.28. The number of hydrogen-bond donors (Lipinski definition) is 2. The Morgan fingerprint density at radius 1 is 0.981 bits per heavy atom. The lowest BCUT2D eigenvalue weighted by atomic mass is 9.86. The predicted octanol–water partition coefficient (Wildman–Crippen LogP) is 5.44. The van der Waals surface area contributed by atoms with Crippen molar-refractivity contribution in [3.05, 3.63) is 90.8 Å². The summed E-state index contributed by atoms with van der Waals surface area (Å²) in [4.78, 5) is 52.2. The molecule has 0 saturated carbocycles. The van der Waals surface area contributed by atoms with Gasteiger partial charge in [0.05, 0.1) is 23.4 Å². The Balaban J connectivity index is 1.15. The number of nitrogens with one attached hydrogen (secondary N) is 2. The summed E-state index contributed by atoms with van der Waals surface area (Å²) in [6.45, 7) is 3.36. The normalized spacial score (nSPS) is 18.0. The van der Waals surface area contributed by atoms with Gasteiger partial charge < -0.3 is 15.4 Å². The topological polar surface area (TPSA) is 136 Å². The molecule has 0 radical (unpaired) electrons. The van der Waals surface area contributed by atoms with Gasteiger partial charge in [-0.15, -0.1) is 0 Å². The monoisotopic (exact) mass is 746 g/mol. The molecule has 3 aliphatic rings. The Bertz CT molecular complexity index is 2490. The van der Waals surface area contributed by atoms with Crippen LogP contribution in [0, 0.1) is 6.92 Å². The lowest BCUT2D eigenvalue weighted by Crippen LogP contribution is -2.67. The highest BCUT2D eigenvalue weighted by Gasteiger charge is 2.51. The highest BCUT2D eigenvalue weighted by atomic mass is 35.5. The zero-order valence-electron chi connectivity index (χ0n) is 29.2. The molecule has 2 N–H and O–H groups in total. The summed E-state index contributed by atoms with van der Waals surface area (Å²) in [7, 11) is 4.07. The number of hydrogen-bond acceptors (Lipinski definition) is 9. The number of anilines is 2.